The minimum atomic E-state index is -2.99. The SMILES string of the molecule is COc1cccc(/C=C/C(=O)N(Cc2ccncc2)C2CC2)c1OC(F)F. The van der Waals surface area contributed by atoms with Gasteiger partial charge in [-0.1, -0.05) is 12.1 Å². The predicted octanol–water partition coefficient (Wildman–Crippen LogP) is 3.90. The molecule has 27 heavy (non-hydrogen) atoms. The lowest BCUT2D eigenvalue weighted by molar-refractivity contribution is -0.127. The number of rotatable bonds is 8. The highest BCUT2D eigenvalue weighted by Gasteiger charge is 2.31. The molecular weight excluding hydrogens is 354 g/mol. The van der Waals surface area contributed by atoms with Crippen LogP contribution in [0, 0.1) is 0 Å². The van der Waals surface area contributed by atoms with Crippen LogP contribution >= 0.6 is 0 Å². The highest BCUT2D eigenvalue weighted by atomic mass is 19.3. The highest BCUT2D eigenvalue weighted by Crippen LogP contribution is 2.34. The van der Waals surface area contributed by atoms with Crippen LogP contribution in [-0.2, 0) is 11.3 Å². The topological polar surface area (TPSA) is 51.7 Å². The number of ether oxygens (including phenoxy) is 2. The normalized spacial score (nSPS) is 13.8. The molecule has 5 nitrogen and oxygen atoms in total. The van der Waals surface area contributed by atoms with Gasteiger partial charge >= 0.3 is 6.61 Å². The molecule has 0 unspecified atom stereocenters. The summed E-state index contributed by atoms with van der Waals surface area (Å²) in [7, 11) is 1.37. The van der Waals surface area contributed by atoms with Gasteiger partial charge in [-0.25, -0.2) is 0 Å². The molecule has 3 rings (SSSR count). The molecule has 0 atom stereocenters. The van der Waals surface area contributed by atoms with E-state index >= 15 is 0 Å². The highest BCUT2D eigenvalue weighted by molar-refractivity contribution is 5.92. The van der Waals surface area contributed by atoms with E-state index in [0.717, 1.165) is 18.4 Å². The van der Waals surface area contributed by atoms with Gasteiger partial charge in [0.2, 0.25) is 5.91 Å². The number of aromatic nitrogens is 1. The van der Waals surface area contributed by atoms with Gasteiger partial charge in [-0.3, -0.25) is 9.78 Å². The van der Waals surface area contributed by atoms with Crippen molar-refractivity contribution in [1.82, 2.24) is 9.88 Å². The molecule has 0 aliphatic heterocycles. The Kier molecular flexibility index (Phi) is 6.01. The summed E-state index contributed by atoms with van der Waals surface area (Å²) in [5, 5.41) is 0. The molecule has 0 radical (unpaired) electrons. The number of hydrogen-bond acceptors (Lipinski definition) is 4. The van der Waals surface area contributed by atoms with E-state index < -0.39 is 6.61 Å². The van der Waals surface area contributed by atoms with Crippen molar-refractivity contribution in [1.29, 1.82) is 0 Å². The number of carbonyl (C=O) groups is 1. The van der Waals surface area contributed by atoms with Crippen LogP contribution in [0.5, 0.6) is 11.5 Å². The van der Waals surface area contributed by atoms with Crippen molar-refractivity contribution in [2.24, 2.45) is 0 Å². The third kappa shape index (κ3) is 5.03. The quantitative estimate of drug-likeness (QED) is 0.658. The van der Waals surface area contributed by atoms with Gasteiger partial charge in [-0.05, 0) is 42.7 Å². The van der Waals surface area contributed by atoms with Crippen LogP contribution in [0.3, 0.4) is 0 Å². The summed E-state index contributed by atoms with van der Waals surface area (Å²) >= 11 is 0. The van der Waals surface area contributed by atoms with E-state index in [-0.39, 0.29) is 23.4 Å². The van der Waals surface area contributed by atoms with Crippen molar-refractivity contribution < 1.29 is 23.0 Å². The second kappa shape index (κ2) is 8.62. The first kappa shape index (κ1) is 18.8. The van der Waals surface area contributed by atoms with Crippen molar-refractivity contribution >= 4 is 12.0 Å². The van der Waals surface area contributed by atoms with Gasteiger partial charge in [0.15, 0.2) is 11.5 Å². The fraction of sp³-hybridized carbons (Fsp3) is 0.300. The Morgan fingerprint density at radius 3 is 2.67 bits per heavy atom. The molecule has 1 amide bonds. The Morgan fingerprint density at radius 2 is 2.04 bits per heavy atom. The monoisotopic (exact) mass is 374 g/mol. The zero-order valence-electron chi connectivity index (χ0n) is 14.8. The first-order chi connectivity index (χ1) is 13.1. The van der Waals surface area contributed by atoms with Gasteiger partial charge in [0.05, 0.1) is 7.11 Å². The van der Waals surface area contributed by atoms with E-state index in [2.05, 4.69) is 9.72 Å². The summed E-state index contributed by atoms with van der Waals surface area (Å²) in [6.45, 7) is -2.51. The molecule has 1 heterocycles. The second-order valence-electron chi connectivity index (χ2n) is 6.14. The van der Waals surface area contributed by atoms with Crippen molar-refractivity contribution in [3.63, 3.8) is 0 Å². The standard InChI is InChI=1S/C20H20F2N2O3/c1-26-17-4-2-3-15(19(17)27-20(21)22)5-8-18(25)24(16-6-7-16)13-14-9-11-23-12-10-14/h2-5,8-12,16,20H,6-7,13H2,1H3/b8-5+. The number of benzene rings is 1. The molecule has 142 valence electrons. The molecule has 1 aliphatic carbocycles. The summed E-state index contributed by atoms with van der Waals surface area (Å²) in [6, 6.07) is 8.70. The summed E-state index contributed by atoms with van der Waals surface area (Å²) in [4.78, 5) is 18.5. The van der Waals surface area contributed by atoms with Crippen molar-refractivity contribution in [3.05, 3.63) is 59.9 Å². The zero-order valence-corrected chi connectivity index (χ0v) is 14.8. The minimum absolute atomic E-state index is 0.0915. The lowest BCUT2D eigenvalue weighted by Gasteiger charge is -2.21. The van der Waals surface area contributed by atoms with Crippen LogP contribution in [0.25, 0.3) is 6.08 Å². The molecule has 1 aromatic heterocycles. The number of hydrogen-bond donors (Lipinski definition) is 0. The van der Waals surface area contributed by atoms with E-state index in [0.29, 0.717) is 12.1 Å². The average Bonchev–Trinajstić information content (AvgIpc) is 3.50. The Labute approximate surface area is 156 Å². The number of alkyl halides is 2. The predicted molar refractivity (Wildman–Crippen MR) is 96.5 cm³/mol. The van der Waals surface area contributed by atoms with Crippen LogP contribution in [0.2, 0.25) is 0 Å². The maximum Gasteiger partial charge on any atom is 0.387 e. The van der Waals surface area contributed by atoms with Crippen LogP contribution in [-0.4, -0.2) is 35.6 Å². The van der Waals surface area contributed by atoms with Crippen LogP contribution in [0.4, 0.5) is 8.78 Å². The van der Waals surface area contributed by atoms with Gasteiger partial charge in [0, 0.05) is 36.6 Å². The van der Waals surface area contributed by atoms with Crippen molar-refractivity contribution in [2.45, 2.75) is 32.0 Å². The Bertz CT molecular complexity index is 808. The van der Waals surface area contributed by atoms with Crippen LogP contribution in [0.15, 0.2) is 48.8 Å². The molecule has 0 N–H and O–H groups in total. The third-order valence-corrected chi connectivity index (χ3v) is 4.21. The first-order valence-electron chi connectivity index (χ1n) is 8.58. The number of pyridine rings is 1. The van der Waals surface area contributed by atoms with Crippen LogP contribution in [0.1, 0.15) is 24.0 Å². The molecule has 1 fully saturated rings. The minimum Gasteiger partial charge on any atom is -0.493 e. The Hall–Kier alpha value is -2.96. The number of carbonyl (C=O) groups excluding carboxylic acids is 1. The summed E-state index contributed by atoms with van der Waals surface area (Å²) in [5.41, 5.74) is 1.34. The third-order valence-electron chi connectivity index (χ3n) is 4.21. The molecule has 0 bridgehead atoms. The average molecular weight is 374 g/mol. The fourth-order valence-corrected chi connectivity index (χ4v) is 2.75. The molecule has 2 aromatic rings. The molecule has 1 aliphatic rings. The maximum atomic E-state index is 12.7. The van der Waals surface area contributed by atoms with Gasteiger partial charge in [-0.15, -0.1) is 0 Å². The van der Waals surface area contributed by atoms with E-state index in [1.165, 1.54) is 25.3 Å². The Morgan fingerprint density at radius 1 is 1.30 bits per heavy atom. The summed E-state index contributed by atoms with van der Waals surface area (Å²) in [6.07, 6.45) is 8.15. The zero-order chi connectivity index (χ0) is 19.2. The van der Waals surface area contributed by atoms with Gasteiger partial charge in [0.1, 0.15) is 0 Å². The number of nitrogens with zero attached hydrogens (tertiary/aromatic N) is 2. The second-order valence-corrected chi connectivity index (χ2v) is 6.14. The number of amides is 1. The lowest BCUT2D eigenvalue weighted by Crippen LogP contribution is -2.31. The number of halogens is 2. The fourth-order valence-electron chi connectivity index (χ4n) is 2.75. The summed E-state index contributed by atoms with van der Waals surface area (Å²) in [5.74, 6) is -0.0907. The first-order valence-corrected chi connectivity index (χ1v) is 8.58. The molecule has 1 aromatic carbocycles. The lowest BCUT2D eigenvalue weighted by atomic mass is 10.1. The maximum absolute atomic E-state index is 12.7. The van der Waals surface area contributed by atoms with E-state index in [1.807, 2.05) is 12.1 Å². The van der Waals surface area contributed by atoms with E-state index in [9.17, 15) is 13.6 Å². The van der Waals surface area contributed by atoms with E-state index in [4.69, 9.17) is 4.74 Å². The number of para-hydroxylation sites is 1. The van der Waals surface area contributed by atoms with Gasteiger partial charge in [-0.2, -0.15) is 8.78 Å². The van der Waals surface area contributed by atoms with Gasteiger partial charge in [0.25, 0.3) is 0 Å². The molecular formula is C20H20F2N2O3. The molecule has 1 saturated carbocycles. The molecule has 0 saturated heterocycles. The van der Waals surface area contributed by atoms with Crippen molar-refractivity contribution in [2.75, 3.05) is 7.11 Å². The Balaban J connectivity index is 1.78. The van der Waals surface area contributed by atoms with Crippen LogP contribution < -0.4 is 9.47 Å². The summed E-state index contributed by atoms with van der Waals surface area (Å²) < 4.78 is 35.1. The largest absolute Gasteiger partial charge is 0.493 e. The molecule has 7 heteroatoms. The van der Waals surface area contributed by atoms with E-state index in [1.54, 1.807) is 29.4 Å². The van der Waals surface area contributed by atoms with Crippen molar-refractivity contribution in [3.8, 4) is 11.5 Å². The van der Waals surface area contributed by atoms with Gasteiger partial charge < -0.3 is 14.4 Å². The smallest absolute Gasteiger partial charge is 0.387 e. The number of methoxy groups -OCH3 is 1. The molecule has 0 spiro atoms.